The van der Waals surface area contributed by atoms with Crippen LogP contribution < -0.4 is 10.6 Å². The average Bonchev–Trinajstić information content (AvgIpc) is 3.38. The van der Waals surface area contributed by atoms with Gasteiger partial charge in [-0.05, 0) is 48.7 Å². The lowest BCUT2D eigenvalue weighted by atomic mass is 10.1. The molecule has 0 spiro atoms. The van der Waals surface area contributed by atoms with Gasteiger partial charge in [0, 0.05) is 23.2 Å². The molecule has 0 unspecified atom stereocenters. The van der Waals surface area contributed by atoms with E-state index in [0.717, 1.165) is 24.5 Å². The summed E-state index contributed by atoms with van der Waals surface area (Å²) in [7, 11) is 0. The summed E-state index contributed by atoms with van der Waals surface area (Å²) in [6.07, 6.45) is 1.88. The number of nitrogens with one attached hydrogen (secondary N) is 2. The lowest BCUT2D eigenvalue weighted by Crippen LogP contribution is -2.24. The Morgan fingerprint density at radius 3 is 2.67 bits per heavy atom. The zero-order chi connectivity index (χ0) is 17.1. The van der Waals surface area contributed by atoms with Gasteiger partial charge in [-0.15, -0.1) is 0 Å². The number of anilines is 1. The largest absolute Gasteiger partial charge is 0.348 e. The summed E-state index contributed by atoms with van der Waals surface area (Å²) in [4.78, 5) is 23.8. The Bertz CT molecular complexity index is 790. The van der Waals surface area contributed by atoms with Crippen LogP contribution in [0.1, 0.15) is 28.8 Å². The second-order valence-corrected chi connectivity index (χ2v) is 6.21. The third-order valence-electron chi connectivity index (χ3n) is 3.77. The van der Waals surface area contributed by atoms with E-state index in [1.54, 1.807) is 18.2 Å². The predicted molar refractivity (Wildman–Crippen MR) is 90.4 cm³/mol. The molecule has 2 aromatic carbocycles. The van der Waals surface area contributed by atoms with Gasteiger partial charge in [0.05, 0.1) is 5.56 Å². The van der Waals surface area contributed by atoms with Crippen molar-refractivity contribution in [2.45, 2.75) is 19.4 Å². The van der Waals surface area contributed by atoms with Crippen molar-refractivity contribution in [2.24, 2.45) is 5.92 Å². The van der Waals surface area contributed by atoms with Crippen LogP contribution in [0.25, 0.3) is 0 Å². The van der Waals surface area contributed by atoms with Gasteiger partial charge in [-0.1, -0.05) is 23.7 Å². The van der Waals surface area contributed by atoms with Gasteiger partial charge in [0.2, 0.25) is 5.91 Å². The van der Waals surface area contributed by atoms with Gasteiger partial charge >= 0.3 is 0 Å². The van der Waals surface area contributed by atoms with E-state index >= 15 is 0 Å². The molecule has 3 rings (SSSR count). The Hall–Kier alpha value is -2.40. The van der Waals surface area contributed by atoms with Crippen molar-refractivity contribution >= 4 is 29.1 Å². The van der Waals surface area contributed by atoms with E-state index in [-0.39, 0.29) is 29.0 Å². The lowest BCUT2D eigenvalue weighted by molar-refractivity contribution is -0.117. The average molecular weight is 347 g/mol. The first-order valence-electron chi connectivity index (χ1n) is 7.66. The first kappa shape index (κ1) is 16.5. The maximum absolute atomic E-state index is 13.7. The van der Waals surface area contributed by atoms with E-state index in [1.165, 1.54) is 12.1 Å². The van der Waals surface area contributed by atoms with Crippen molar-refractivity contribution in [1.82, 2.24) is 5.32 Å². The number of carbonyl (C=O) groups excluding carboxylic acids is 2. The Labute approximate surface area is 144 Å². The molecule has 0 atom stereocenters. The quantitative estimate of drug-likeness (QED) is 0.866. The van der Waals surface area contributed by atoms with Gasteiger partial charge in [-0.25, -0.2) is 4.39 Å². The zero-order valence-corrected chi connectivity index (χ0v) is 13.6. The van der Waals surface area contributed by atoms with E-state index in [0.29, 0.717) is 5.69 Å². The Morgan fingerprint density at radius 2 is 1.96 bits per heavy atom. The molecule has 0 aliphatic heterocycles. The van der Waals surface area contributed by atoms with Crippen LogP contribution in [-0.4, -0.2) is 11.8 Å². The Kier molecular flexibility index (Phi) is 4.81. The van der Waals surface area contributed by atoms with E-state index in [4.69, 9.17) is 11.6 Å². The number of benzene rings is 2. The highest BCUT2D eigenvalue weighted by atomic mass is 35.5. The van der Waals surface area contributed by atoms with E-state index in [1.807, 2.05) is 6.07 Å². The molecule has 124 valence electrons. The number of hydrogen-bond donors (Lipinski definition) is 2. The number of amides is 2. The van der Waals surface area contributed by atoms with Crippen LogP contribution in [0.4, 0.5) is 10.1 Å². The molecule has 6 heteroatoms. The molecule has 0 radical (unpaired) electrons. The van der Waals surface area contributed by atoms with Crippen LogP contribution in [0.3, 0.4) is 0 Å². The van der Waals surface area contributed by atoms with Crippen LogP contribution in [-0.2, 0) is 11.3 Å². The van der Waals surface area contributed by atoms with Gasteiger partial charge < -0.3 is 10.6 Å². The van der Waals surface area contributed by atoms with Crippen molar-refractivity contribution < 1.29 is 14.0 Å². The van der Waals surface area contributed by atoms with Crippen molar-refractivity contribution in [3.05, 3.63) is 64.4 Å². The van der Waals surface area contributed by atoms with Crippen molar-refractivity contribution in [2.75, 3.05) is 5.32 Å². The minimum atomic E-state index is -0.662. The maximum Gasteiger partial charge on any atom is 0.254 e. The highest BCUT2D eigenvalue weighted by Gasteiger charge is 2.29. The van der Waals surface area contributed by atoms with Gasteiger partial charge in [-0.3, -0.25) is 9.59 Å². The summed E-state index contributed by atoms with van der Waals surface area (Å²) >= 11 is 5.67. The highest BCUT2D eigenvalue weighted by molar-refractivity contribution is 6.30. The SMILES string of the molecule is O=C(NCc1cccc(NC(=O)C2CC2)c1)c1ccc(Cl)cc1F. The molecule has 1 fully saturated rings. The molecule has 1 saturated carbocycles. The van der Waals surface area contributed by atoms with Gasteiger partial charge in [0.15, 0.2) is 0 Å². The number of halogens is 2. The molecule has 1 aliphatic carbocycles. The fraction of sp³-hybridized carbons (Fsp3) is 0.222. The molecule has 0 saturated heterocycles. The van der Waals surface area contributed by atoms with E-state index < -0.39 is 11.7 Å². The molecule has 24 heavy (non-hydrogen) atoms. The van der Waals surface area contributed by atoms with Crippen molar-refractivity contribution in [3.63, 3.8) is 0 Å². The molecular weight excluding hydrogens is 331 g/mol. The first-order chi connectivity index (χ1) is 11.5. The monoisotopic (exact) mass is 346 g/mol. The van der Waals surface area contributed by atoms with E-state index in [9.17, 15) is 14.0 Å². The molecule has 2 aromatic rings. The minimum absolute atomic E-state index is 0.0272. The third-order valence-corrected chi connectivity index (χ3v) is 4.01. The first-order valence-corrected chi connectivity index (χ1v) is 8.04. The number of rotatable bonds is 5. The van der Waals surface area contributed by atoms with Crippen LogP contribution in [0.2, 0.25) is 5.02 Å². The molecular formula is C18H16ClFN2O2. The fourth-order valence-corrected chi connectivity index (χ4v) is 2.46. The molecule has 1 aliphatic rings. The Morgan fingerprint density at radius 1 is 1.17 bits per heavy atom. The highest BCUT2D eigenvalue weighted by Crippen LogP contribution is 2.30. The van der Waals surface area contributed by atoms with E-state index in [2.05, 4.69) is 10.6 Å². The van der Waals surface area contributed by atoms with Crippen LogP contribution in [0, 0.1) is 11.7 Å². The van der Waals surface area contributed by atoms with Gasteiger partial charge in [0.1, 0.15) is 5.82 Å². The predicted octanol–water partition coefficient (Wildman–Crippen LogP) is 3.76. The third kappa shape index (κ3) is 4.11. The Balaban J connectivity index is 1.61. The minimum Gasteiger partial charge on any atom is -0.348 e. The van der Waals surface area contributed by atoms with Crippen LogP contribution >= 0.6 is 11.6 Å². The standard InChI is InChI=1S/C18H16ClFN2O2/c19-13-6-7-15(16(20)9-13)18(24)21-10-11-2-1-3-14(8-11)22-17(23)12-4-5-12/h1-3,6-9,12H,4-5,10H2,(H,21,24)(H,22,23). The second-order valence-electron chi connectivity index (χ2n) is 5.77. The molecule has 0 aromatic heterocycles. The maximum atomic E-state index is 13.7. The topological polar surface area (TPSA) is 58.2 Å². The van der Waals surface area contributed by atoms with Gasteiger partial charge in [-0.2, -0.15) is 0 Å². The van der Waals surface area contributed by atoms with Crippen molar-refractivity contribution in [3.8, 4) is 0 Å². The fourth-order valence-electron chi connectivity index (χ4n) is 2.30. The summed E-state index contributed by atoms with van der Waals surface area (Å²) in [5.74, 6) is -1.03. The molecule has 0 heterocycles. The summed E-state index contributed by atoms with van der Waals surface area (Å²) in [5.41, 5.74) is 1.44. The summed E-state index contributed by atoms with van der Waals surface area (Å²) < 4.78 is 13.7. The summed E-state index contributed by atoms with van der Waals surface area (Å²) in [6.45, 7) is 0.230. The number of carbonyl (C=O) groups is 2. The summed E-state index contributed by atoms with van der Waals surface area (Å²) in [5, 5.41) is 5.75. The zero-order valence-electron chi connectivity index (χ0n) is 12.8. The molecule has 2 N–H and O–H groups in total. The number of hydrogen-bond acceptors (Lipinski definition) is 2. The molecule has 0 bridgehead atoms. The van der Waals surface area contributed by atoms with Crippen molar-refractivity contribution in [1.29, 1.82) is 0 Å². The molecule has 2 amide bonds. The van der Waals surface area contributed by atoms with Gasteiger partial charge in [0.25, 0.3) is 5.91 Å². The molecule has 4 nitrogen and oxygen atoms in total. The summed E-state index contributed by atoms with van der Waals surface area (Å²) in [6, 6.07) is 11.1. The smallest absolute Gasteiger partial charge is 0.254 e. The lowest BCUT2D eigenvalue weighted by Gasteiger charge is -2.09. The van der Waals surface area contributed by atoms with Crippen LogP contribution in [0.5, 0.6) is 0 Å². The second kappa shape index (κ2) is 7.01. The normalized spacial score (nSPS) is 13.4. The van der Waals surface area contributed by atoms with Crippen LogP contribution in [0.15, 0.2) is 42.5 Å².